The van der Waals surface area contributed by atoms with Crippen molar-refractivity contribution in [2.24, 2.45) is 11.1 Å². The maximum Gasteiger partial charge on any atom is 0.235 e. The number of carbonyl (C=O) groups excluding carboxylic acids is 3. The Bertz CT molecular complexity index is 352. The van der Waals surface area contributed by atoms with Crippen LogP contribution in [0.15, 0.2) is 0 Å². The highest BCUT2D eigenvalue weighted by atomic mass is 16.2. The number of nitrogens with zero attached hydrogens (tertiary/aromatic N) is 1. The minimum Gasteiger partial charge on any atom is -0.368 e. The van der Waals surface area contributed by atoms with Gasteiger partial charge in [0.25, 0.3) is 0 Å². The number of imide groups is 1. The van der Waals surface area contributed by atoms with Gasteiger partial charge in [0.05, 0.1) is 11.5 Å². The number of hydrogen-bond acceptors (Lipinski definition) is 4. The summed E-state index contributed by atoms with van der Waals surface area (Å²) in [4.78, 5) is 35.7. The molecule has 0 aromatic heterocycles. The molecule has 3 N–H and O–H groups in total. The molecule has 0 bridgehead atoms. The van der Waals surface area contributed by atoms with Gasteiger partial charge < -0.3 is 11.1 Å². The van der Waals surface area contributed by atoms with Gasteiger partial charge in [0.2, 0.25) is 17.7 Å². The smallest absolute Gasteiger partial charge is 0.235 e. The van der Waals surface area contributed by atoms with Crippen molar-refractivity contribution < 1.29 is 14.4 Å². The summed E-state index contributed by atoms with van der Waals surface area (Å²) >= 11 is 0. The summed E-state index contributed by atoms with van der Waals surface area (Å²) in [7, 11) is 1.62. The van der Waals surface area contributed by atoms with Crippen LogP contribution in [0.5, 0.6) is 0 Å². The molecule has 1 aliphatic heterocycles. The summed E-state index contributed by atoms with van der Waals surface area (Å²) in [6.07, 6.45) is 0.575. The average molecular weight is 241 g/mol. The Hall–Kier alpha value is -1.43. The number of hydrogen-bond donors (Lipinski definition) is 2. The monoisotopic (exact) mass is 241 g/mol. The first-order valence-corrected chi connectivity index (χ1v) is 5.61. The Morgan fingerprint density at radius 2 is 2.12 bits per heavy atom. The number of nitrogens with two attached hydrogens (primary N) is 1. The lowest BCUT2D eigenvalue weighted by atomic mass is 9.92. The van der Waals surface area contributed by atoms with E-state index in [0.29, 0.717) is 6.42 Å². The van der Waals surface area contributed by atoms with Crippen LogP contribution in [0.4, 0.5) is 0 Å². The summed E-state index contributed by atoms with van der Waals surface area (Å²) in [5.74, 6) is -0.841. The molecule has 6 nitrogen and oxygen atoms in total. The van der Waals surface area contributed by atoms with Gasteiger partial charge in [-0.3, -0.25) is 19.3 Å². The Morgan fingerprint density at radius 1 is 1.53 bits per heavy atom. The van der Waals surface area contributed by atoms with Crippen molar-refractivity contribution in [2.45, 2.75) is 32.7 Å². The van der Waals surface area contributed by atoms with Gasteiger partial charge in [-0.1, -0.05) is 13.8 Å². The van der Waals surface area contributed by atoms with Crippen molar-refractivity contribution in [3.8, 4) is 0 Å². The first-order valence-electron chi connectivity index (χ1n) is 5.61. The minimum absolute atomic E-state index is 0.179. The van der Waals surface area contributed by atoms with Crippen molar-refractivity contribution in [2.75, 3.05) is 13.6 Å². The maximum atomic E-state index is 11.9. The second kappa shape index (κ2) is 4.83. The van der Waals surface area contributed by atoms with Crippen LogP contribution in [0, 0.1) is 5.41 Å². The summed E-state index contributed by atoms with van der Waals surface area (Å²) < 4.78 is 0. The lowest BCUT2D eigenvalue weighted by molar-refractivity contribution is -0.141. The van der Waals surface area contributed by atoms with Crippen LogP contribution in [0.25, 0.3) is 0 Å². The Kier molecular flexibility index (Phi) is 3.87. The van der Waals surface area contributed by atoms with E-state index in [1.165, 1.54) is 4.90 Å². The SMILES string of the molecule is CNC(CCN1C(=O)CC(C)(C)C1=O)C(N)=O. The second-order valence-corrected chi connectivity index (χ2v) is 4.94. The van der Waals surface area contributed by atoms with Crippen molar-refractivity contribution in [3.05, 3.63) is 0 Å². The van der Waals surface area contributed by atoms with Gasteiger partial charge in [0.1, 0.15) is 0 Å². The minimum atomic E-state index is -0.626. The summed E-state index contributed by atoms with van der Waals surface area (Å²) in [6.45, 7) is 3.73. The van der Waals surface area contributed by atoms with E-state index in [-0.39, 0.29) is 24.8 Å². The number of primary amides is 1. The highest BCUT2D eigenvalue weighted by Gasteiger charge is 2.44. The van der Waals surface area contributed by atoms with Crippen molar-refractivity contribution in [1.82, 2.24) is 10.2 Å². The lowest BCUT2D eigenvalue weighted by Crippen LogP contribution is -2.43. The van der Waals surface area contributed by atoms with Crippen LogP contribution in [-0.4, -0.2) is 42.3 Å². The molecule has 0 aliphatic carbocycles. The number of rotatable bonds is 5. The Labute approximate surface area is 101 Å². The zero-order chi connectivity index (χ0) is 13.2. The molecule has 6 heteroatoms. The summed E-state index contributed by atoms with van der Waals surface area (Å²) in [6, 6.07) is -0.515. The molecule has 1 fully saturated rings. The highest BCUT2D eigenvalue weighted by Crippen LogP contribution is 2.31. The molecule has 1 unspecified atom stereocenters. The van der Waals surface area contributed by atoms with E-state index in [9.17, 15) is 14.4 Å². The van der Waals surface area contributed by atoms with Crippen molar-refractivity contribution in [3.63, 3.8) is 0 Å². The standard InChI is InChI=1S/C11H19N3O3/c1-11(2)6-8(15)14(10(11)17)5-4-7(13-3)9(12)16/h7,13H,4-6H2,1-3H3,(H2,12,16). The number of likely N-dealkylation sites (tertiary alicyclic amines) is 1. The maximum absolute atomic E-state index is 11.9. The molecular formula is C11H19N3O3. The van der Waals surface area contributed by atoms with Crippen molar-refractivity contribution in [1.29, 1.82) is 0 Å². The van der Waals surface area contributed by atoms with E-state index in [4.69, 9.17) is 5.73 Å². The van der Waals surface area contributed by atoms with Crippen LogP contribution in [0.1, 0.15) is 26.7 Å². The third-order valence-electron chi connectivity index (χ3n) is 3.05. The molecule has 0 saturated carbocycles. The van der Waals surface area contributed by atoms with Crippen LogP contribution in [-0.2, 0) is 14.4 Å². The molecule has 3 amide bonds. The molecule has 1 heterocycles. The largest absolute Gasteiger partial charge is 0.368 e. The molecule has 1 aliphatic rings. The average Bonchev–Trinajstić information content (AvgIpc) is 2.39. The molecule has 96 valence electrons. The predicted octanol–water partition coefficient (Wildman–Crippen LogP) is -0.765. The predicted molar refractivity (Wildman–Crippen MR) is 61.8 cm³/mol. The fraction of sp³-hybridized carbons (Fsp3) is 0.727. The third kappa shape index (κ3) is 2.82. The molecule has 17 heavy (non-hydrogen) atoms. The fourth-order valence-electron chi connectivity index (χ4n) is 1.94. The van der Waals surface area contributed by atoms with Gasteiger partial charge in [0.15, 0.2) is 0 Å². The number of amides is 3. The van der Waals surface area contributed by atoms with Gasteiger partial charge in [-0.25, -0.2) is 0 Å². The first kappa shape index (κ1) is 13.6. The van der Waals surface area contributed by atoms with E-state index in [0.717, 1.165) is 0 Å². The van der Waals surface area contributed by atoms with E-state index in [2.05, 4.69) is 5.32 Å². The summed E-state index contributed by atoms with van der Waals surface area (Å²) in [5.41, 5.74) is 4.54. The number of nitrogens with one attached hydrogen (secondary N) is 1. The van der Waals surface area contributed by atoms with E-state index >= 15 is 0 Å². The normalized spacial score (nSPS) is 20.8. The Balaban J connectivity index is 2.61. The van der Waals surface area contributed by atoms with Gasteiger partial charge in [-0.15, -0.1) is 0 Å². The second-order valence-electron chi connectivity index (χ2n) is 4.94. The first-order chi connectivity index (χ1) is 7.79. The van der Waals surface area contributed by atoms with Gasteiger partial charge in [0, 0.05) is 13.0 Å². The topological polar surface area (TPSA) is 92.5 Å². The van der Waals surface area contributed by atoms with Crippen LogP contribution in [0.2, 0.25) is 0 Å². The van der Waals surface area contributed by atoms with E-state index in [1.807, 2.05) is 0 Å². The molecule has 0 radical (unpaired) electrons. The molecule has 0 aromatic rings. The zero-order valence-corrected chi connectivity index (χ0v) is 10.4. The zero-order valence-electron chi connectivity index (χ0n) is 10.4. The van der Waals surface area contributed by atoms with E-state index in [1.54, 1.807) is 20.9 Å². The Morgan fingerprint density at radius 3 is 2.47 bits per heavy atom. The van der Waals surface area contributed by atoms with E-state index < -0.39 is 17.4 Å². The third-order valence-corrected chi connectivity index (χ3v) is 3.05. The van der Waals surface area contributed by atoms with Gasteiger partial charge in [-0.2, -0.15) is 0 Å². The fourth-order valence-corrected chi connectivity index (χ4v) is 1.94. The molecule has 1 atom stereocenters. The van der Waals surface area contributed by atoms with Crippen LogP contribution in [0.3, 0.4) is 0 Å². The molecule has 1 rings (SSSR count). The quantitative estimate of drug-likeness (QED) is 0.618. The number of likely N-dealkylation sites (N-methyl/N-ethyl adjacent to an activating group) is 1. The lowest BCUT2D eigenvalue weighted by Gasteiger charge is -2.20. The molecular weight excluding hydrogens is 222 g/mol. The van der Waals surface area contributed by atoms with Gasteiger partial charge in [-0.05, 0) is 13.5 Å². The summed E-state index contributed by atoms with van der Waals surface area (Å²) in [5, 5.41) is 2.75. The highest BCUT2D eigenvalue weighted by molar-refractivity contribution is 6.05. The molecule has 0 spiro atoms. The number of carbonyl (C=O) groups is 3. The van der Waals surface area contributed by atoms with Crippen molar-refractivity contribution >= 4 is 17.7 Å². The van der Waals surface area contributed by atoms with Crippen LogP contribution < -0.4 is 11.1 Å². The molecule has 1 saturated heterocycles. The van der Waals surface area contributed by atoms with Crippen LogP contribution >= 0.6 is 0 Å². The van der Waals surface area contributed by atoms with Gasteiger partial charge >= 0.3 is 0 Å². The molecule has 0 aromatic carbocycles.